The van der Waals surface area contributed by atoms with Crippen molar-refractivity contribution in [3.8, 4) is 5.75 Å². The summed E-state index contributed by atoms with van der Waals surface area (Å²) in [5, 5.41) is 3.44. The third-order valence-corrected chi connectivity index (χ3v) is 3.25. The molecule has 0 aliphatic carbocycles. The third kappa shape index (κ3) is 2.99. The van der Waals surface area contributed by atoms with Crippen molar-refractivity contribution in [3.63, 3.8) is 0 Å². The van der Waals surface area contributed by atoms with E-state index in [1.807, 2.05) is 0 Å². The van der Waals surface area contributed by atoms with Gasteiger partial charge in [0.2, 0.25) is 0 Å². The highest BCUT2D eigenvalue weighted by Gasteiger charge is 2.21. The molecule has 0 amide bonds. The van der Waals surface area contributed by atoms with Crippen molar-refractivity contribution < 1.29 is 4.74 Å². The Kier molecular flexibility index (Phi) is 3.83. The predicted octanol–water partition coefficient (Wildman–Crippen LogP) is 2.76. The van der Waals surface area contributed by atoms with Crippen LogP contribution in [0.15, 0.2) is 24.3 Å². The lowest BCUT2D eigenvalue weighted by atomic mass is 10.0. The molecule has 88 valence electrons. The highest BCUT2D eigenvalue weighted by Crippen LogP contribution is 2.20. The Balaban J connectivity index is 1.99. The fraction of sp³-hybridized carbons (Fsp3) is 0.571. The molecule has 1 aliphatic rings. The second-order valence-electron chi connectivity index (χ2n) is 4.79. The molecule has 2 unspecified atom stereocenters. The van der Waals surface area contributed by atoms with E-state index in [0.717, 1.165) is 25.3 Å². The first-order valence-electron chi connectivity index (χ1n) is 6.20. The molecule has 1 aromatic rings. The molecule has 1 fully saturated rings. The van der Waals surface area contributed by atoms with Crippen molar-refractivity contribution in [1.82, 2.24) is 5.32 Å². The van der Waals surface area contributed by atoms with Gasteiger partial charge in [-0.25, -0.2) is 0 Å². The van der Waals surface area contributed by atoms with Crippen molar-refractivity contribution >= 4 is 0 Å². The molecule has 1 N–H and O–H groups in total. The number of hydrogen-bond acceptors (Lipinski definition) is 2. The molecule has 0 bridgehead atoms. The quantitative estimate of drug-likeness (QED) is 0.826. The summed E-state index contributed by atoms with van der Waals surface area (Å²) in [6.45, 7) is 6.55. The van der Waals surface area contributed by atoms with E-state index in [4.69, 9.17) is 4.74 Å². The Morgan fingerprint density at radius 3 is 2.75 bits per heavy atom. The van der Waals surface area contributed by atoms with Crippen LogP contribution in [-0.2, 0) is 0 Å². The van der Waals surface area contributed by atoms with Crippen LogP contribution in [0.1, 0.15) is 25.3 Å². The Morgan fingerprint density at radius 1 is 1.25 bits per heavy atom. The molecule has 2 heteroatoms. The molecule has 1 aromatic carbocycles. The highest BCUT2D eigenvalue weighted by atomic mass is 16.5. The topological polar surface area (TPSA) is 21.3 Å². The minimum atomic E-state index is 0.359. The van der Waals surface area contributed by atoms with Crippen LogP contribution >= 0.6 is 0 Å². The van der Waals surface area contributed by atoms with Gasteiger partial charge in [0.15, 0.2) is 0 Å². The van der Waals surface area contributed by atoms with Gasteiger partial charge in [-0.1, -0.05) is 24.6 Å². The molecular formula is C14H21NO. The zero-order valence-corrected chi connectivity index (χ0v) is 10.2. The number of hydrogen-bond donors (Lipinski definition) is 1. The van der Waals surface area contributed by atoms with E-state index < -0.39 is 0 Å². The summed E-state index contributed by atoms with van der Waals surface area (Å²) in [5.74, 6) is 1.59. The van der Waals surface area contributed by atoms with Crippen molar-refractivity contribution in [3.05, 3.63) is 29.8 Å². The fourth-order valence-electron chi connectivity index (χ4n) is 2.14. The van der Waals surface area contributed by atoms with E-state index >= 15 is 0 Å². The Bertz CT molecular complexity index is 320. The maximum Gasteiger partial charge on any atom is 0.119 e. The Morgan fingerprint density at radius 2 is 2.00 bits per heavy atom. The maximum absolute atomic E-state index is 6.06. The molecule has 0 radical (unpaired) electrons. The van der Waals surface area contributed by atoms with Crippen LogP contribution in [0.25, 0.3) is 0 Å². The summed E-state index contributed by atoms with van der Waals surface area (Å²) in [6, 6.07) is 8.35. The SMILES string of the molecule is Cc1ccc(OC2CCCNCC2C)cc1. The second kappa shape index (κ2) is 5.35. The molecule has 1 aliphatic heterocycles. The molecule has 0 spiro atoms. The molecule has 1 saturated heterocycles. The van der Waals surface area contributed by atoms with E-state index in [9.17, 15) is 0 Å². The van der Waals surface area contributed by atoms with E-state index in [0.29, 0.717) is 12.0 Å². The lowest BCUT2D eigenvalue weighted by Crippen LogP contribution is -2.29. The predicted molar refractivity (Wildman–Crippen MR) is 66.9 cm³/mol. The minimum Gasteiger partial charge on any atom is -0.490 e. The van der Waals surface area contributed by atoms with E-state index in [1.54, 1.807) is 0 Å². The molecule has 16 heavy (non-hydrogen) atoms. The first kappa shape index (κ1) is 11.5. The van der Waals surface area contributed by atoms with Gasteiger partial charge >= 0.3 is 0 Å². The summed E-state index contributed by atoms with van der Waals surface area (Å²) in [7, 11) is 0. The van der Waals surface area contributed by atoms with Crippen molar-refractivity contribution in [2.75, 3.05) is 13.1 Å². The standard InChI is InChI=1S/C14H21NO/c1-11-5-7-13(8-6-11)16-14-4-3-9-15-10-12(14)2/h5-8,12,14-15H,3-4,9-10H2,1-2H3. The summed E-state index contributed by atoms with van der Waals surface area (Å²) in [5.41, 5.74) is 1.28. The van der Waals surface area contributed by atoms with Crippen LogP contribution in [0.4, 0.5) is 0 Å². The van der Waals surface area contributed by atoms with E-state index in [1.165, 1.54) is 12.0 Å². The van der Waals surface area contributed by atoms with Crippen LogP contribution < -0.4 is 10.1 Å². The lowest BCUT2D eigenvalue weighted by molar-refractivity contribution is 0.141. The third-order valence-electron chi connectivity index (χ3n) is 3.25. The zero-order valence-electron chi connectivity index (χ0n) is 10.2. The molecule has 0 saturated carbocycles. The number of aryl methyl sites for hydroxylation is 1. The van der Waals surface area contributed by atoms with Crippen molar-refractivity contribution in [2.24, 2.45) is 5.92 Å². The molecule has 0 aromatic heterocycles. The number of benzene rings is 1. The molecule has 2 rings (SSSR count). The average molecular weight is 219 g/mol. The van der Waals surface area contributed by atoms with Crippen LogP contribution in [0.2, 0.25) is 0 Å². The first-order chi connectivity index (χ1) is 7.75. The van der Waals surface area contributed by atoms with Gasteiger partial charge in [0.1, 0.15) is 11.9 Å². The first-order valence-corrected chi connectivity index (χ1v) is 6.20. The summed E-state index contributed by atoms with van der Waals surface area (Å²) >= 11 is 0. The van der Waals surface area contributed by atoms with Gasteiger partial charge in [0, 0.05) is 12.5 Å². The Labute approximate surface area is 98.0 Å². The van der Waals surface area contributed by atoms with Gasteiger partial charge in [0.25, 0.3) is 0 Å². The monoisotopic (exact) mass is 219 g/mol. The fourth-order valence-corrected chi connectivity index (χ4v) is 2.14. The van der Waals surface area contributed by atoms with E-state index in [-0.39, 0.29) is 0 Å². The van der Waals surface area contributed by atoms with Gasteiger partial charge in [-0.05, 0) is 38.4 Å². The molecular weight excluding hydrogens is 198 g/mol. The number of ether oxygens (including phenoxy) is 1. The van der Waals surface area contributed by atoms with Gasteiger partial charge < -0.3 is 10.1 Å². The molecule has 1 heterocycles. The van der Waals surface area contributed by atoms with Crippen molar-refractivity contribution in [2.45, 2.75) is 32.8 Å². The number of nitrogens with one attached hydrogen (secondary N) is 1. The lowest BCUT2D eigenvalue weighted by Gasteiger charge is -2.22. The number of rotatable bonds is 2. The largest absolute Gasteiger partial charge is 0.490 e. The van der Waals surface area contributed by atoms with Gasteiger partial charge in [-0.15, -0.1) is 0 Å². The van der Waals surface area contributed by atoms with Crippen molar-refractivity contribution in [1.29, 1.82) is 0 Å². The zero-order chi connectivity index (χ0) is 11.4. The van der Waals surface area contributed by atoms with Crippen LogP contribution in [0, 0.1) is 12.8 Å². The van der Waals surface area contributed by atoms with Gasteiger partial charge in [-0.2, -0.15) is 0 Å². The summed E-state index contributed by atoms with van der Waals surface area (Å²) in [4.78, 5) is 0. The second-order valence-corrected chi connectivity index (χ2v) is 4.79. The van der Waals surface area contributed by atoms with Crippen LogP contribution in [0.5, 0.6) is 5.75 Å². The average Bonchev–Trinajstić information content (AvgIpc) is 2.48. The molecule has 2 nitrogen and oxygen atoms in total. The molecule has 2 atom stereocenters. The van der Waals surface area contributed by atoms with Gasteiger partial charge in [0.05, 0.1) is 0 Å². The van der Waals surface area contributed by atoms with Gasteiger partial charge in [-0.3, -0.25) is 0 Å². The highest BCUT2D eigenvalue weighted by molar-refractivity contribution is 5.26. The van der Waals surface area contributed by atoms with Crippen LogP contribution in [0.3, 0.4) is 0 Å². The maximum atomic E-state index is 6.06. The van der Waals surface area contributed by atoms with E-state index in [2.05, 4.69) is 43.4 Å². The van der Waals surface area contributed by atoms with Crippen LogP contribution in [-0.4, -0.2) is 19.2 Å². The summed E-state index contributed by atoms with van der Waals surface area (Å²) in [6.07, 6.45) is 2.72. The minimum absolute atomic E-state index is 0.359. The smallest absolute Gasteiger partial charge is 0.119 e. The Hall–Kier alpha value is -1.02. The normalized spacial score (nSPS) is 26.1. The summed E-state index contributed by atoms with van der Waals surface area (Å²) < 4.78 is 6.06.